The van der Waals surface area contributed by atoms with Gasteiger partial charge >= 0.3 is 5.97 Å². The maximum Gasteiger partial charge on any atom is 0.310 e. The van der Waals surface area contributed by atoms with Crippen LogP contribution in [-0.4, -0.2) is 43.0 Å². The number of amides is 1. The number of hydrogen-bond donors (Lipinski definition) is 1. The Bertz CT molecular complexity index is 571. The van der Waals surface area contributed by atoms with E-state index in [1.54, 1.807) is 0 Å². The molecule has 126 valence electrons. The van der Waals surface area contributed by atoms with Crippen LogP contribution in [0.5, 0.6) is 0 Å². The highest BCUT2D eigenvalue weighted by Crippen LogP contribution is 2.19. The van der Waals surface area contributed by atoms with Gasteiger partial charge < -0.3 is 10.1 Å². The molecule has 5 heteroatoms. The predicted octanol–water partition coefficient (Wildman–Crippen LogP) is 2.52. The van der Waals surface area contributed by atoms with E-state index in [2.05, 4.69) is 5.32 Å². The van der Waals surface area contributed by atoms with E-state index in [-0.39, 0.29) is 17.8 Å². The number of piperidine rings is 1. The Morgan fingerprint density at radius 3 is 2.87 bits per heavy atom. The molecule has 1 aliphatic rings. The Morgan fingerprint density at radius 1 is 1.35 bits per heavy atom. The van der Waals surface area contributed by atoms with Gasteiger partial charge in [-0.25, -0.2) is 0 Å². The van der Waals surface area contributed by atoms with E-state index in [1.165, 1.54) is 0 Å². The van der Waals surface area contributed by atoms with Crippen molar-refractivity contribution in [2.75, 3.05) is 31.6 Å². The van der Waals surface area contributed by atoms with Crippen molar-refractivity contribution in [1.82, 2.24) is 4.90 Å². The molecule has 5 nitrogen and oxygen atoms in total. The summed E-state index contributed by atoms with van der Waals surface area (Å²) in [5.41, 5.74) is 3.02. The normalized spacial score (nSPS) is 18.5. The summed E-state index contributed by atoms with van der Waals surface area (Å²) in [6.45, 7) is 7.95. The lowest BCUT2D eigenvalue weighted by Gasteiger charge is -2.30. The summed E-state index contributed by atoms with van der Waals surface area (Å²) in [7, 11) is 0. The van der Waals surface area contributed by atoms with Crippen LogP contribution in [0.2, 0.25) is 0 Å². The highest BCUT2D eigenvalue weighted by atomic mass is 16.5. The zero-order valence-electron chi connectivity index (χ0n) is 14.2. The molecule has 0 saturated carbocycles. The molecule has 23 heavy (non-hydrogen) atoms. The van der Waals surface area contributed by atoms with Crippen molar-refractivity contribution < 1.29 is 14.3 Å². The number of esters is 1. The minimum atomic E-state index is -0.146. The maximum absolute atomic E-state index is 12.3. The summed E-state index contributed by atoms with van der Waals surface area (Å²) < 4.78 is 5.09. The fraction of sp³-hybridized carbons (Fsp3) is 0.556. The third-order valence-corrected chi connectivity index (χ3v) is 4.16. The monoisotopic (exact) mass is 318 g/mol. The SMILES string of the molecule is CCOC(=O)C1CCCN(CC(=O)Nc2cc(C)ccc2C)C1. The number of carbonyl (C=O) groups is 2. The first-order chi connectivity index (χ1) is 11.0. The Balaban J connectivity index is 1.89. The first kappa shape index (κ1) is 17.5. The Morgan fingerprint density at radius 2 is 2.13 bits per heavy atom. The molecule has 0 radical (unpaired) electrons. The molecule has 1 atom stereocenters. The van der Waals surface area contributed by atoms with Crippen molar-refractivity contribution in [3.63, 3.8) is 0 Å². The number of benzene rings is 1. The number of aryl methyl sites for hydroxylation is 2. The van der Waals surface area contributed by atoms with Crippen molar-refractivity contribution in [3.05, 3.63) is 29.3 Å². The van der Waals surface area contributed by atoms with Gasteiger partial charge in [-0.2, -0.15) is 0 Å². The van der Waals surface area contributed by atoms with E-state index in [0.717, 1.165) is 36.2 Å². The van der Waals surface area contributed by atoms with Crippen LogP contribution in [0.1, 0.15) is 30.9 Å². The quantitative estimate of drug-likeness (QED) is 0.848. The molecule has 2 rings (SSSR count). The van der Waals surface area contributed by atoms with Crippen LogP contribution in [0.25, 0.3) is 0 Å². The van der Waals surface area contributed by atoms with Gasteiger partial charge in [0.1, 0.15) is 0 Å². The third kappa shape index (κ3) is 5.06. The average molecular weight is 318 g/mol. The molecule has 1 unspecified atom stereocenters. The summed E-state index contributed by atoms with van der Waals surface area (Å²) >= 11 is 0. The number of ether oxygens (including phenoxy) is 1. The lowest BCUT2D eigenvalue weighted by Crippen LogP contribution is -2.43. The van der Waals surface area contributed by atoms with Crippen LogP contribution in [0, 0.1) is 19.8 Å². The lowest BCUT2D eigenvalue weighted by atomic mass is 9.98. The first-order valence-electron chi connectivity index (χ1n) is 8.25. The fourth-order valence-electron chi connectivity index (χ4n) is 2.91. The Labute approximate surface area is 138 Å². The molecule has 1 heterocycles. The minimum Gasteiger partial charge on any atom is -0.466 e. The van der Waals surface area contributed by atoms with Gasteiger partial charge in [-0.3, -0.25) is 14.5 Å². The van der Waals surface area contributed by atoms with Gasteiger partial charge in [-0.05, 0) is 57.4 Å². The van der Waals surface area contributed by atoms with E-state index in [9.17, 15) is 9.59 Å². The van der Waals surface area contributed by atoms with E-state index in [1.807, 2.05) is 43.9 Å². The average Bonchev–Trinajstić information content (AvgIpc) is 2.51. The topological polar surface area (TPSA) is 58.6 Å². The zero-order chi connectivity index (χ0) is 16.8. The molecule has 0 aromatic heterocycles. The highest BCUT2D eigenvalue weighted by Gasteiger charge is 2.27. The molecule has 1 N–H and O–H groups in total. The molecule has 1 saturated heterocycles. The van der Waals surface area contributed by atoms with Crippen LogP contribution in [0.3, 0.4) is 0 Å². The summed E-state index contributed by atoms with van der Waals surface area (Å²) in [4.78, 5) is 26.2. The summed E-state index contributed by atoms with van der Waals surface area (Å²) in [5.74, 6) is -0.299. The van der Waals surface area contributed by atoms with Gasteiger partial charge in [0.15, 0.2) is 0 Å². The molecule has 0 bridgehead atoms. The molecular formula is C18H26N2O3. The number of rotatable bonds is 5. The van der Waals surface area contributed by atoms with E-state index < -0.39 is 0 Å². The van der Waals surface area contributed by atoms with E-state index in [0.29, 0.717) is 19.7 Å². The second-order valence-electron chi connectivity index (χ2n) is 6.19. The van der Waals surface area contributed by atoms with Gasteiger partial charge in [0.25, 0.3) is 0 Å². The van der Waals surface area contributed by atoms with Crippen molar-refractivity contribution in [1.29, 1.82) is 0 Å². The molecule has 1 fully saturated rings. The maximum atomic E-state index is 12.3. The van der Waals surface area contributed by atoms with Crippen LogP contribution in [0.15, 0.2) is 18.2 Å². The van der Waals surface area contributed by atoms with Gasteiger partial charge in [0.05, 0.1) is 19.1 Å². The van der Waals surface area contributed by atoms with Gasteiger partial charge in [0, 0.05) is 12.2 Å². The van der Waals surface area contributed by atoms with Crippen LogP contribution >= 0.6 is 0 Å². The highest BCUT2D eigenvalue weighted by molar-refractivity contribution is 5.93. The molecule has 0 spiro atoms. The standard InChI is InChI=1S/C18H26N2O3/c1-4-23-18(22)15-6-5-9-20(11-15)12-17(21)19-16-10-13(2)7-8-14(16)3/h7-8,10,15H,4-6,9,11-12H2,1-3H3,(H,19,21). The van der Waals surface area contributed by atoms with Gasteiger partial charge in [0.2, 0.25) is 5.91 Å². The molecular weight excluding hydrogens is 292 g/mol. The second kappa shape index (κ2) is 8.11. The number of hydrogen-bond acceptors (Lipinski definition) is 4. The van der Waals surface area contributed by atoms with E-state index in [4.69, 9.17) is 4.74 Å². The molecule has 1 amide bonds. The van der Waals surface area contributed by atoms with Crippen molar-refractivity contribution in [2.24, 2.45) is 5.92 Å². The van der Waals surface area contributed by atoms with Gasteiger partial charge in [-0.15, -0.1) is 0 Å². The number of nitrogens with zero attached hydrogens (tertiary/aromatic N) is 1. The summed E-state index contributed by atoms with van der Waals surface area (Å²) in [5, 5.41) is 2.97. The van der Waals surface area contributed by atoms with Crippen molar-refractivity contribution >= 4 is 17.6 Å². The third-order valence-electron chi connectivity index (χ3n) is 4.16. The predicted molar refractivity (Wildman–Crippen MR) is 90.3 cm³/mol. The summed E-state index contributed by atoms with van der Waals surface area (Å²) in [6, 6.07) is 6.01. The minimum absolute atomic E-state index is 0.0387. The Hall–Kier alpha value is -1.88. The summed E-state index contributed by atoms with van der Waals surface area (Å²) in [6.07, 6.45) is 1.76. The molecule has 1 aromatic carbocycles. The largest absolute Gasteiger partial charge is 0.466 e. The smallest absolute Gasteiger partial charge is 0.310 e. The lowest BCUT2D eigenvalue weighted by molar-refractivity contribution is -0.150. The molecule has 0 aliphatic carbocycles. The van der Waals surface area contributed by atoms with Crippen LogP contribution in [-0.2, 0) is 14.3 Å². The zero-order valence-corrected chi connectivity index (χ0v) is 14.2. The van der Waals surface area contributed by atoms with Crippen molar-refractivity contribution in [3.8, 4) is 0 Å². The van der Waals surface area contributed by atoms with Crippen LogP contribution in [0.4, 0.5) is 5.69 Å². The first-order valence-corrected chi connectivity index (χ1v) is 8.25. The second-order valence-corrected chi connectivity index (χ2v) is 6.19. The van der Waals surface area contributed by atoms with E-state index >= 15 is 0 Å². The van der Waals surface area contributed by atoms with Gasteiger partial charge in [-0.1, -0.05) is 12.1 Å². The number of carbonyl (C=O) groups excluding carboxylic acids is 2. The Kier molecular flexibility index (Phi) is 6.16. The number of nitrogens with one attached hydrogen (secondary N) is 1. The molecule has 1 aliphatic heterocycles. The fourth-order valence-corrected chi connectivity index (χ4v) is 2.91. The molecule has 1 aromatic rings. The van der Waals surface area contributed by atoms with Crippen LogP contribution < -0.4 is 5.32 Å². The van der Waals surface area contributed by atoms with Crippen molar-refractivity contribution in [2.45, 2.75) is 33.6 Å². The number of likely N-dealkylation sites (tertiary alicyclic amines) is 1. The number of anilines is 1.